The summed E-state index contributed by atoms with van der Waals surface area (Å²) in [4.78, 5) is 9.29. The average molecular weight is 485 g/mol. The van der Waals surface area contributed by atoms with E-state index in [4.69, 9.17) is 0 Å². The number of aromatic nitrogens is 2. The van der Waals surface area contributed by atoms with E-state index in [1.807, 2.05) is 12.4 Å². The molecule has 0 spiro atoms. The van der Waals surface area contributed by atoms with E-state index in [1.54, 1.807) is 0 Å². The summed E-state index contributed by atoms with van der Waals surface area (Å²) in [6.45, 7) is 2.28. The molecule has 0 fully saturated rings. The summed E-state index contributed by atoms with van der Waals surface area (Å²) >= 11 is 0. The summed E-state index contributed by atoms with van der Waals surface area (Å²) < 4.78 is 0. The number of benzene rings is 2. The van der Waals surface area contributed by atoms with Crippen molar-refractivity contribution in [1.82, 2.24) is 9.97 Å². The zero-order valence-electron chi connectivity index (χ0n) is 22.8. The molecule has 3 aromatic rings. The van der Waals surface area contributed by atoms with Gasteiger partial charge in [0.1, 0.15) is 0 Å². The first kappa shape index (κ1) is 28.1. The summed E-state index contributed by atoms with van der Waals surface area (Å²) in [5.74, 6) is 0.844. The van der Waals surface area contributed by atoms with Crippen molar-refractivity contribution in [1.29, 1.82) is 0 Å². The fraction of sp³-hybridized carbons (Fsp3) is 0.529. The van der Waals surface area contributed by atoms with Gasteiger partial charge in [-0.25, -0.2) is 9.97 Å². The Balaban J connectivity index is 1.24. The molecule has 1 aromatic heterocycles. The van der Waals surface area contributed by atoms with Crippen LogP contribution in [0.2, 0.25) is 0 Å². The molecule has 0 aliphatic heterocycles. The van der Waals surface area contributed by atoms with E-state index in [9.17, 15) is 0 Å². The second kappa shape index (κ2) is 17.9. The maximum Gasteiger partial charge on any atom is 0.159 e. The minimum absolute atomic E-state index is 0.844. The summed E-state index contributed by atoms with van der Waals surface area (Å²) in [7, 11) is 0. The standard InChI is InChI=1S/C34H48N2/c1-2-3-4-5-6-7-12-16-23-32-28-35-34(36-29-32)33-26-24-31(25-27-33)22-15-11-9-8-10-14-19-30-20-17-13-18-21-30/h13,17-18,20-21,24-29H,2-12,14-16,19,22-23H2,1H3. The smallest absolute Gasteiger partial charge is 0.159 e. The highest BCUT2D eigenvalue weighted by Crippen LogP contribution is 2.18. The molecular weight excluding hydrogens is 436 g/mol. The maximum absolute atomic E-state index is 4.65. The third-order valence-corrected chi connectivity index (χ3v) is 7.26. The van der Waals surface area contributed by atoms with Gasteiger partial charge in [0.05, 0.1) is 0 Å². The van der Waals surface area contributed by atoms with Gasteiger partial charge in [0.15, 0.2) is 5.82 Å². The first-order chi connectivity index (χ1) is 17.8. The van der Waals surface area contributed by atoms with Crippen LogP contribution < -0.4 is 0 Å². The summed E-state index contributed by atoms with van der Waals surface area (Å²) in [6.07, 6.45) is 26.4. The van der Waals surface area contributed by atoms with Crippen LogP contribution >= 0.6 is 0 Å². The van der Waals surface area contributed by atoms with Crippen molar-refractivity contribution in [3.05, 3.63) is 83.7 Å². The van der Waals surface area contributed by atoms with Crippen LogP contribution in [-0.4, -0.2) is 9.97 Å². The zero-order valence-corrected chi connectivity index (χ0v) is 22.8. The highest BCUT2D eigenvalue weighted by atomic mass is 14.9. The van der Waals surface area contributed by atoms with Crippen LogP contribution in [0.5, 0.6) is 0 Å². The van der Waals surface area contributed by atoms with Gasteiger partial charge >= 0.3 is 0 Å². The number of hydrogen-bond donors (Lipinski definition) is 0. The molecule has 0 N–H and O–H groups in total. The van der Waals surface area contributed by atoms with Crippen LogP contribution in [0.15, 0.2) is 67.0 Å². The Kier molecular flexibility index (Phi) is 13.9. The predicted molar refractivity (Wildman–Crippen MR) is 155 cm³/mol. The number of hydrogen-bond acceptors (Lipinski definition) is 2. The van der Waals surface area contributed by atoms with Crippen molar-refractivity contribution in [2.24, 2.45) is 0 Å². The van der Waals surface area contributed by atoms with Crippen LogP contribution in [-0.2, 0) is 19.3 Å². The molecule has 0 saturated carbocycles. The molecule has 0 radical (unpaired) electrons. The molecule has 194 valence electrons. The van der Waals surface area contributed by atoms with Crippen LogP contribution in [0.1, 0.15) is 114 Å². The molecule has 2 heteroatoms. The van der Waals surface area contributed by atoms with Crippen LogP contribution in [0.25, 0.3) is 11.4 Å². The lowest BCUT2D eigenvalue weighted by atomic mass is 10.0. The van der Waals surface area contributed by atoms with E-state index in [0.717, 1.165) is 17.8 Å². The second-order valence-electron chi connectivity index (χ2n) is 10.4. The van der Waals surface area contributed by atoms with Gasteiger partial charge in [0, 0.05) is 18.0 Å². The van der Waals surface area contributed by atoms with E-state index in [-0.39, 0.29) is 0 Å². The SMILES string of the molecule is CCCCCCCCCCc1cnc(-c2ccc(CCCCCCCCc3ccccc3)cc2)nc1. The fourth-order valence-corrected chi connectivity index (χ4v) is 4.93. The minimum atomic E-state index is 0.844. The third-order valence-electron chi connectivity index (χ3n) is 7.26. The Bertz CT molecular complexity index is 916. The number of nitrogens with zero attached hydrogens (tertiary/aromatic N) is 2. The third kappa shape index (κ3) is 11.5. The molecule has 3 rings (SSSR count). The van der Waals surface area contributed by atoms with Gasteiger partial charge in [-0.15, -0.1) is 0 Å². The molecular formula is C34H48N2. The van der Waals surface area contributed by atoms with E-state index >= 15 is 0 Å². The van der Waals surface area contributed by atoms with Crippen molar-refractivity contribution in [2.75, 3.05) is 0 Å². The van der Waals surface area contributed by atoms with E-state index in [2.05, 4.69) is 71.5 Å². The predicted octanol–water partition coefficient (Wildman–Crippen LogP) is 9.95. The van der Waals surface area contributed by atoms with Crippen LogP contribution in [0.3, 0.4) is 0 Å². The molecule has 0 amide bonds. The molecule has 2 nitrogen and oxygen atoms in total. The Morgan fingerprint density at radius 3 is 1.42 bits per heavy atom. The average Bonchev–Trinajstić information content (AvgIpc) is 2.93. The maximum atomic E-state index is 4.65. The molecule has 0 aliphatic rings. The van der Waals surface area contributed by atoms with E-state index in [1.165, 1.54) is 119 Å². The Morgan fingerprint density at radius 1 is 0.444 bits per heavy atom. The molecule has 1 heterocycles. The first-order valence-electron chi connectivity index (χ1n) is 14.8. The number of rotatable bonds is 19. The molecule has 36 heavy (non-hydrogen) atoms. The minimum Gasteiger partial charge on any atom is -0.236 e. The quantitative estimate of drug-likeness (QED) is 0.158. The highest BCUT2D eigenvalue weighted by Gasteiger charge is 2.03. The Hall–Kier alpha value is -2.48. The van der Waals surface area contributed by atoms with Crippen LogP contribution in [0.4, 0.5) is 0 Å². The van der Waals surface area contributed by atoms with Gasteiger partial charge in [-0.05, 0) is 55.2 Å². The Morgan fingerprint density at radius 2 is 0.889 bits per heavy atom. The second-order valence-corrected chi connectivity index (χ2v) is 10.4. The molecule has 2 aromatic carbocycles. The van der Waals surface area contributed by atoms with Gasteiger partial charge in [-0.1, -0.05) is 132 Å². The van der Waals surface area contributed by atoms with E-state index in [0.29, 0.717) is 0 Å². The molecule has 0 aliphatic carbocycles. The van der Waals surface area contributed by atoms with Gasteiger partial charge in [-0.2, -0.15) is 0 Å². The topological polar surface area (TPSA) is 25.8 Å². The lowest BCUT2D eigenvalue weighted by Gasteiger charge is -2.06. The largest absolute Gasteiger partial charge is 0.236 e. The lowest BCUT2D eigenvalue weighted by molar-refractivity contribution is 0.575. The summed E-state index contributed by atoms with van der Waals surface area (Å²) in [5, 5.41) is 0. The normalized spacial score (nSPS) is 11.1. The summed E-state index contributed by atoms with van der Waals surface area (Å²) in [6, 6.07) is 19.8. The van der Waals surface area contributed by atoms with E-state index < -0.39 is 0 Å². The Labute approximate surface area is 221 Å². The highest BCUT2D eigenvalue weighted by molar-refractivity contribution is 5.55. The molecule has 0 atom stereocenters. The lowest BCUT2D eigenvalue weighted by Crippen LogP contribution is -1.94. The van der Waals surface area contributed by atoms with Crippen molar-refractivity contribution >= 4 is 0 Å². The van der Waals surface area contributed by atoms with Gasteiger partial charge < -0.3 is 0 Å². The van der Waals surface area contributed by atoms with Crippen molar-refractivity contribution in [3.8, 4) is 11.4 Å². The van der Waals surface area contributed by atoms with Crippen molar-refractivity contribution < 1.29 is 0 Å². The molecule has 0 bridgehead atoms. The van der Waals surface area contributed by atoms with Gasteiger partial charge in [0.25, 0.3) is 0 Å². The summed E-state index contributed by atoms with van der Waals surface area (Å²) in [5.41, 5.74) is 5.28. The van der Waals surface area contributed by atoms with Gasteiger partial charge in [-0.3, -0.25) is 0 Å². The first-order valence-corrected chi connectivity index (χ1v) is 14.8. The molecule has 0 saturated heterocycles. The van der Waals surface area contributed by atoms with Crippen LogP contribution in [0, 0.1) is 0 Å². The monoisotopic (exact) mass is 484 g/mol. The van der Waals surface area contributed by atoms with Crippen molar-refractivity contribution in [3.63, 3.8) is 0 Å². The fourth-order valence-electron chi connectivity index (χ4n) is 4.93. The van der Waals surface area contributed by atoms with Gasteiger partial charge in [0.2, 0.25) is 0 Å². The number of unbranched alkanes of at least 4 members (excludes halogenated alkanes) is 12. The van der Waals surface area contributed by atoms with Crippen molar-refractivity contribution in [2.45, 2.75) is 116 Å². The zero-order chi connectivity index (χ0) is 25.1. The molecule has 0 unspecified atom stereocenters. The number of aryl methyl sites for hydroxylation is 3.